The number of hydrogen-bond donors (Lipinski definition) is 0. The molecule has 0 spiro atoms. The van der Waals surface area contributed by atoms with Crippen LogP contribution in [0.3, 0.4) is 0 Å². The Bertz CT molecular complexity index is 902. The summed E-state index contributed by atoms with van der Waals surface area (Å²) in [5, 5.41) is 12.2. The number of aryl methyl sites for hydroxylation is 1. The molecule has 23 heavy (non-hydrogen) atoms. The van der Waals surface area contributed by atoms with Crippen molar-refractivity contribution < 1.29 is 0 Å². The van der Waals surface area contributed by atoms with Crippen molar-refractivity contribution in [1.82, 2.24) is 4.98 Å². The molecule has 0 saturated heterocycles. The summed E-state index contributed by atoms with van der Waals surface area (Å²) in [5.41, 5.74) is 4.71. The van der Waals surface area contributed by atoms with Crippen LogP contribution in [0.5, 0.6) is 0 Å². The van der Waals surface area contributed by atoms with Gasteiger partial charge in [0, 0.05) is 15.4 Å². The molecule has 1 heterocycles. The van der Waals surface area contributed by atoms with Crippen LogP contribution in [-0.2, 0) is 0 Å². The monoisotopic (exact) mass is 380 g/mol. The smallest absolute Gasteiger partial charge is 0.134 e. The van der Waals surface area contributed by atoms with Gasteiger partial charge in [-0.25, -0.2) is 4.98 Å². The molecule has 0 aliphatic heterocycles. The number of thiazole rings is 1. The summed E-state index contributed by atoms with van der Waals surface area (Å²) in [5.74, 6) is 0. The lowest BCUT2D eigenvalue weighted by Gasteiger charge is -1.98. The maximum atomic E-state index is 9.46. The summed E-state index contributed by atoms with van der Waals surface area (Å²) in [4.78, 5) is 4.61. The van der Waals surface area contributed by atoms with E-state index >= 15 is 0 Å². The molecule has 3 aromatic rings. The number of nitriles is 1. The maximum Gasteiger partial charge on any atom is 0.134 e. The van der Waals surface area contributed by atoms with Gasteiger partial charge in [0.1, 0.15) is 11.1 Å². The molecule has 0 aliphatic carbocycles. The third-order valence-corrected chi connectivity index (χ3v) is 4.73. The number of aromatic nitrogens is 1. The molecule has 0 bridgehead atoms. The van der Waals surface area contributed by atoms with Crippen molar-refractivity contribution in [3.8, 4) is 17.3 Å². The Hall–Kier alpha value is -2.22. The molecule has 4 heteroatoms. The molecule has 0 fully saturated rings. The second kappa shape index (κ2) is 6.91. The molecule has 0 amide bonds. The quantitative estimate of drug-likeness (QED) is 0.526. The first-order valence-corrected chi connectivity index (χ1v) is 8.73. The largest absolute Gasteiger partial charge is 0.235 e. The van der Waals surface area contributed by atoms with E-state index < -0.39 is 0 Å². The lowest BCUT2D eigenvalue weighted by Crippen LogP contribution is -1.83. The third kappa shape index (κ3) is 3.76. The Morgan fingerprint density at radius 2 is 2.00 bits per heavy atom. The number of benzene rings is 2. The van der Waals surface area contributed by atoms with Gasteiger partial charge in [0.2, 0.25) is 0 Å². The van der Waals surface area contributed by atoms with Crippen LogP contribution < -0.4 is 0 Å². The second-order valence-corrected chi connectivity index (χ2v) is 6.90. The minimum Gasteiger partial charge on any atom is -0.235 e. The van der Waals surface area contributed by atoms with Gasteiger partial charge in [0.25, 0.3) is 0 Å². The molecule has 0 atom stereocenters. The zero-order valence-electron chi connectivity index (χ0n) is 12.5. The van der Waals surface area contributed by atoms with Gasteiger partial charge in [-0.2, -0.15) is 5.26 Å². The fourth-order valence-corrected chi connectivity index (χ4v) is 3.34. The molecule has 0 aliphatic rings. The van der Waals surface area contributed by atoms with Crippen LogP contribution in [0, 0.1) is 18.3 Å². The third-order valence-electron chi connectivity index (χ3n) is 3.36. The van der Waals surface area contributed by atoms with Crippen LogP contribution in [0.4, 0.5) is 0 Å². The van der Waals surface area contributed by atoms with Crippen LogP contribution in [0.15, 0.2) is 58.4 Å². The van der Waals surface area contributed by atoms with Gasteiger partial charge >= 0.3 is 0 Å². The predicted molar refractivity (Wildman–Crippen MR) is 99.9 cm³/mol. The average Bonchev–Trinajstić information content (AvgIpc) is 3.04. The molecule has 0 radical (unpaired) electrons. The fraction of sp³-hybridized carbons (Fsp3) is 0.0526. The first-order valence-electron chi connectivity index (χ1n) is 7.06. The van der Waals surface area contributed by atoms with E-state index in [1.54, 1.807) is 0 Å². The summed E-state index contributed by atoms with van der Waals surface area (Å²) in [6.07, 6.45) is 1.88. The van der Waals surface area contributed by atoms with Crippen molar-refractivity contribution in [1.29, 1.82) is 5.26 Å². The highest BCUT2D eigenvalue weighted by atomic mass is 79.9. The van der Waals surface area contributed by atoms with Gasteiger partial charge in [-0.1, -0.05) is 57.9 Å². The molecular weight excluding hydrogens is 368 g/mol. The van der Waals surface area contributed by atoms with Gasteiger partial charge in [-0.15, -0.1) is 11.3 Å². The van der Waals surface area contributed by atoms with Crippen LogP contribution in [0.2, 0.25) is 0 Å². The molecule has 2 nitrogen and oxygen atoms in total. The number of hydrogen-bond acceptors (Lipinski definition) is 3. The highest BCUT2D eigenvalue weighted by Gasteiger charge is 2.09. The Morgan fingerprint density at radius 3 is 2.70 bits per heavy atom. The normalized spacial score (nSPS) is 11.3. The van der Waals surface area contributed by atoms with Gasteiger partial charge in [0.15, 0.2) is 0 Å². The summed E-state index contributed by atoms with van der Waals surface area (Å²) < 4.78 is 1.01. The van der Waals surface area contributed by atoms with E-state index in [2.05, 4.69) is 27.0 Å². The molecule has 3 rings (SSSR count). The molecule has 0 unspecified atom stereocenters. The molecular formula is C19H13BrN2S. The van der Waals surface area contributed by atoms with Crippen LogP contribution in [-0.4, -0.2) is 4.98 Å². The summed E-state index contributed by atoms with van der Waals surface area (Å²) in [6, 6.07) is 18.3. The summed E-state index contributed by atoms with van der Waals surface area (Å²) in [7, 11) is 0. The lowest BCUT2D eigenvalue weighted by atomic mass is 10.1. The van der Waals surface area contributed by atoms with E-state index in [0.29, 0.717) is 5.57 Å². The minimum atomic E-state index is 0.583. The van der Waals surface area contributed by atoms with Gasteiger partial charge in [-0.05, 0) is 30.7 Å². The molecule has 0 saturated carbocycles. The molecule has 112 valence electrons. The highest BCUT2D eigenvalue weighted by Crippen LogP contribution is 2.28. The first-order chi connectivity index (χ1) is 11.2. The van der Waals surface area contributed by atoms with E-state index in [9.17, 15) is 5.26 Å². The van der Waals surface area contributed by atoms with Crippen LogP contribution in [0.1, 0.15) is 16.1 Å². The van der Waals surface area contributed by atoms with Crippen LogP contribution >= 0.6 is 27.3 Å². The minimum absolute atomic E-state index is 0.583. The molecule has 0 N–H and O–H groups in total. The molecule has 2 aromatic carbocycles. The van der Waals surface area contributed by atoms with Gasteiger partial charge < -0.3 is 0 Å². The molecule has 1 aromatic heterocycles. The van der Waals surface area contributed by atoms with Gasteiger partial charge in [-0.3, -0.25) is 0 Å². The first kappa shape index (κ1) is 15.7. The zero-order chi connectivity index (χ0) is 16.2. The Morgan fingerprint density at radius 1 is 1.22 bits per heavy atom. The van der Waals surface area contributed by atoms with Crippen molar-refractivity contribution in [2.75, 3.05) is 0 Å². The average molecular weight is 381 g/mol. The standard InChI is InChI=1S/C19H13BrN2S/c1-13-5-7-14(8-6-13)9-16(11-21)19-22-18(12-23-19)15-3-2-4-17(20)10-15/h2-10,12H,1H3/b16-9+. The Kier molecular flexibility index (Phi) is 4.71. The summed E-state index contributed by atoms with van der Waals surface area (Å²) in [6.45, 7) is 2.05. The number of nitrogens with zero attached hydrogens (tertiary/aromatic N) is 2. The number of halogens is 1. The van der Waals surface area contributed by atoms with Gasteiger partial charge in [0.05, 0.1) is 11.3 Å². The van der Waals surface area contributed by atoms with E-state index in [-0.39, 0.29) is 0 Å². The lowest BCUT2D eigenvalue weighted by molar-refractivity contribution is 1.37. The predicted octanol–water partition coefficient (Wildman–Crippen LogP) is 5.95. The summed E-state index contributed by atoms with van der Waals surface area (Å²) >= 11 is 4.96. The van der Waals surface area contributed by atoms with E-state index in [1.165, 1.54) is 16.9 Å². The van der Waals surface area contributed by atoms with E-state index in [1.807, 2.05) is 66.9 Å². The highest BCUT2D eigenvalue weighted by molar-refractivity contribution is 9.10. The second-order valence-electron chi connectivity index (χ2n) is 5.13. The Labute approximate surface area is 147 Å². The topological polar surface area (TPSA) is 36.7 Å². The van der Waals surface area contributed by atoms with E-state index in [0.717, 1.165) is 26.3 Å². The van der Waals surface area contributed by atoms with E-state index in [4.69, 9.17) is 0 Å². The maximum absolute atomic E-state index is 9.46. The van der Waals surface area contributed by atoms with Crippen molar-refractivity contribution in [2.45, 2.75) is 6.92 Å². The SMILES string of the molecule is Cc1ccc(/C=C(\C#N)c2nc(-c3cccc(Br)c3)cs2)cc1. The van der Waals surface area contributed by atoms with Crippen molar-refractivity contribution in [3.63, 3.8) is 0 Å². The number of allylic oxidation sites excluding steroid dienone is 1. The van der Waals surface area contributed by atoms with Crippen molar-refractivity contribution in [2.24, 2.45) is 0 Å². The number of rotatable bonds is 3. The fourth-order valence-electron chi connectivity index (χ4n) is 2.15. The Balaban J connectivity index is 1.94. The van der Waals surface area contributed by atoms with Crippen molar-refractivity contribution >= 4 is 38.9 Å². The van der Waals surface area contributed by atoms with Crippen LogP contribution in [0.25, 0.3) is 22.9 Å². The zero-order valence-corrected chi connectivity index (χ0v) is 14.9. The van der Waals surface area contributed by atoms with Crippen molar-refractivity contribution in [3.05, 3.63) is 74.5 Å².